The largest absolute Gasteiger partial charge is 0.491 e. The van der Waals surface area contributed by atoms with Gasteiger partial charge in [0.15, 0.2) is 0 Å². The molecule has 1 rings (SSSR count). The fraction of sp³-hybridized carbons (Fsp3) is 0.571. The Hall–Kier alpha value is -1.38. The van der Waals surface area contributed by atoms with Gasteiger partial charge in [-0.1, -0.05) is 20.3 Å². The first kappa shape index (κ1) is 13.7. The summed E-state index contributed by atoms with van der Waals surface area (Å²) in [5, 5.41) is 0. The Labute approximate surface area is 105 Å². The van der Waals surface area contributed by atoms with Gasteiger partial charge in [0.1, 0.15) is 5.75 Å². The van der Waals surface area contributed by atoms with Crippen LogP contribution in [0, 0.1) is 5.92 Å². The fourth-order valence-electron chi connectivity index (χ4n) is 1.73. The summed E-state index contributed by atoms with van der Waals surface area (Å²) in [7, 11) is 4.02. The number of rotatable bonds is 6. The van der Waals surface area contributed by atoms with Crippen LogP contribution < -0.4 is 15.4 Å². The molecule has 1 aromatic rings. The minimum absolute atomic E-state index is 0.572. The zero-order valence-corrected chi connectivity index (χ0v) is 11.4. The number of anilines is 2. The Morgan fingerprint density at radius 2 is 2.06 bits per heavy atom. The van der Waals surface area contributed by atoms with Crippen LogP contribution in [0.15, 0.2) is 18.2 Å². The maximum absolute atomic E-state index is 5.91. The summed E-state index contributed by atoms with van der Waals surface area (Å²) in [6, 6.07) is 5.89. The van der Waals surface area contributed by atoms with Gasteiger partial charge in [-0.15, -0.1) is 0 Å². The van der Waals surface area contributed by atoms with Crippen molar-refractivity contribution >= 4 is 11.4 Å². The van der Waals surface area contributed by atoms with Gasteiger partial charge in [0, 0.05) is 25.8 Å². The van der Waals surface area contributed by atoms with Crippen LogP contribution in [0.25, 0.3) is 0 Å². The maximum atomic E-state index is 5.91. The standard InChI is InChI=1S/C14H24N2O/c1-5-6-11(2)10-17-14-9-12(16(3)4)7-8-13(14)15/h7-9,11H,5-6,10,15H2,1-4H3. The smallest absolute Gasteiger partial charge is 0.144 e. The highest BCUT2D eigenvalue weighted by molar-refractivity contribution is 5.61. The van der Waals surface area contributed by atoms with Gasteiger partial charge in [-0.05, 0) is 24.5 Å². The SMILES string of the molecule is CCCC(C)COc1cc(N(C)C)ccc1N. The number of nitrogens with zero attached hydrogens (tertiary/aromatic N) is 1. The zero-order valence-electron chi connectivity index (χ0n) is 11.4. The third-order valence-electron chi connectivity index (χ3n) is 2.82. The number of benzene rings is 1. The van der Waals surface area contributed by atoms with Crippen molar-refractivity contribution in [2.45, 2.75) is 26.7 Å². The van der Waals surface area contributed by atoms with Crippen LogP contribution in [0.2, 0.25) is 0 Å². The van der Waals surface area contributed by atoms with Gasteiger partial charge < -0.3 is 15.4 Å². The topological polar surface area (TPSA) is 38.5 Å². The predicted octanol–water partition coefficient (Wildman–Crippen LogP) is 3.15. The summed E-state index contributed by atoms with van der Waals surface area (Å²) in [5.74, 6) is 1.36. The van der Waals surface area contributed by atoms with Gasteiger partial charge in [0.25, 0.3) is 0 Å². The molecule has 0 saturated heterocycles. The first-order chi connectivity index (χ1) is 8.04. The number of hydrogen-bond acceptors (Lipinski definition) is 3. The van der Waals surface area contributed by atoms with E-state index in [-0.39, 0.29) is 0 Å². The summed E-state index contributed by atoms with van der Waals surface area (Å²) in [6.45, 7) is 5.13. The van der Waals surface area contributed by atoms with E-state index in [1.165, 1.54) is 12.8 Å². The molecule has 0 fully saturated rings. The molecule has 0 aliphatic heterocycles. The summed E-state index contributed by atoms with van der Waals surface area (Å²) in [6.07, 6.45) is 2.38. The van der Waals surface area contributed by atoms with Crippen molar-refractivity contribution in [2.75, 3.05) is 31.3 Å². The van der Waals surface area contributed by atoms with Crippen molar-refractivity contribution in [2.24, 2.45) is 5.92 Å². The minimum atomic E-state index is 0.572. The van der Waals surface area contributed by atoms with Gasteiger partial charge in [-0.3, -0.25) is 0 Å². The van der Waals surface area contributed by atoms with Crippen molar-refractivity contribution in [3.05, 3.63) is 18.2 Å². The van der Waals surface area contributed by atoms with Gasteiger partial charge in [-0.2, -0.15) is 0 Å². The molecule has 0 spiro atoms. The molecule has 2 N–H and O–H groups in total. The Morgan fingerprint density at radius 3 is 2.65 bits per heavy atom. The third kappa shape index (κ3) is 4.17. The Balaban J connectivity index is 2.66. The lowest BCUT2D eigenvalue weighted by molar-refractivity contribution is 0.253. The third-order valence-corrected chi connectivity index (χ3v) is 2.82. The van der Waals surface area contributed by atoms with Crippen molar-refractivity contribution in [1.82, 2.24) is 0 Å². The number of ether oxygens (including phenoxy) is 1. The van der Waals surface area contributed by atoms with Crippen LogP contribution in [-0.4, -0.2) is 20.7 Å². The fourth-order valence-corrected chi connectivity index (χ4v) is 1.73. The highest BCUT2D eigenvalue weighted by Gasteiger charge is 2.06. The summed E-state index contributed by atoms with van der Waals surface area (Å²) < 4.78 is 5.79. The normalized spacial score (nSPS) is 12.2. The maximum Gasteiger partial charge on any atom is 0.144 e. The zero-order chi connectivity index (χ0) is 12.8. The lowest BCUT2D eigenvalue weighted by Crippen LogP contribution is -2.11. The summed E-state index contributed by atoms with van der Waals surface area (Å²) >= 11 is 0. The Kier molecular flexibility index (Phi) is 5.13. The molecule has 0 saturated carbocycles. The molecule has 0 aliphatic carbocycles. The van der Waals surface area contributed by atoms with Crippen LogP contribution in [0.3, 0.4) is 0 Å². The van der Waals surface area contributed by atoms with Crippen LogP contribution in [0.4, 0.5) is 11.4 Å². The molecule has 0 aliphatic rings. The molecule has 0 aromatic heterocycles. The Bertz CT molecular complexity index is 350. The highest BCUT2D eigenvalue weighted by atomic mass is 16.5. The number of nitrogens with two attached hydrogens (primary N) is 1. The molecular formula is C14H24N2O. The lowest BCUT2D eigenvalue weighted by atomic mass is 10.1. The van der Waals surface area contributed by atoms with Crippen LogP contribution in [0.1, 0.15) is 26.7 Å². The second-order valence-corrected chi connectivity index (χ2v) is 4.82. The van der Waals surface area contributed by atoms with Crippen molar-refractivity contribution in [1.29, 1.82) is 0 Å². The highest BCUT2D eigenvalue weighted by Crippen LogP contribution is 2.27. The molecule has 96 valence electrons. The van der Waals surface area contributed by atoms with Crippen molar-refractivity contribution in [3.8, 4) is 5.75 Å². The van der Waals surface area contributed by atoms with Gasteiger partial charge in [0.2, 0.25) is 0 Å². The van der Waals surface area contributed by atoms with E-state index < -0.39 is 0 Å². The van der Waals surface area contributed by atoms with E-state index in [4.69, 9.17) is 10.5 Å². The first-order valence-electron chi connectivity index (χ1n) is 6.24. The first-order valence-corrected chi connectivity index (χ1v) is 6.24. The minimum Gasteiger partial charge on any atom is -0.491 e. The summed E-state index contributed by atoms with van der Waals surface area (Å²) in [4.78, 5) is 2.04. The van der Waals surface area contributed by atoms with E-state index in [1.807, 2.05) is 37.2 Å². The molecule has 17 heavy (non-hydrogen) atoms. The van der Waals surface area contributed by atoms with Crippen molar-refractivity contribution in [3.63, 3.8) is 0 Å². The number of hydrogen-bond donors (Lipinski definition) is 1. The molecule has 3 nitrogen and oxygen atoms in total. The molecule has 0 bridgehead atoms. The van der Waals surface area contributed by atoms with Crippen LogP contribution in [-0.2, 0) is 0 Å². The average molecular weight is 236 g/mol. The number of nitrogen functional groups attached to an aromatic ring is 1. The molecule has 3 heteroatoms. The van der Waals surface area contributed by atoms with Gasteiger partial charge in [0.05, 0.1) is 12.3 Å². The summed E-state index contributed by atoms with van der Waals surface area (Å²) in [5.41, 5.74) is 7.72. The van der Waals surface area contributed by atoms with E-state index >= 15 is 0 Å². The molecule has 0 radical (unpaired) electrons. The van der Waals surface area contributed by atoms with Crippen molar-refractivity contribution < 1.29 is 4.74 Å². The van der Waals surface area contributed by atoms with Crippen LogP contribution >= 0.6 is 0 Å². The molecule has 1 aromatic carbocycles. The van der Waals surface area contributed by atoms with Gasteiger partial charge in [-0.25, -0.2) is 0 Å². The van der Waals surface area contributed by atoms with E-state index in [9.17, 15) is 0 Å². The predicted molar refractivity (Wildman–Crippen MR) is 74.7 cm³/mol. The molecule has 1 unspecified atom stereocenters. The van der Waals surface area contributed by atoms with E-state index in [0.29, 0.717) is 11.6 Å². The van der Waals surface area contributed by atoms with E-state index in [0.717, 1.165) is 18.0 Å². The quantitative estimate of drug-likeness (QED) is 0.771. The molecule has 0 heterocycles. The van der Waals surface area contributed by atoms with E-state index in [1.54, 1.807) is 0 Å². The Morgan fingerprint density at radius 1 is 1.35 bits per heavy atom. The van der Waals surface area contributed by atoms with Crippen LogP contribution in [0.5, 0.6) is 5.75 Å². The van der Waals surface area contributed by atoms with Gasteiger partial charge >= 0.3 is 0 Å². The molecular weight excluding hydrogens is 212 g/mol. The second-order valence-electron chi connectivity index (χ2n) is 4.82. The monoisotopic (exact) mass is 236 g/mol. The van der Waals surface area contributed by atoms with E-state index in [2.05, 4.69) is 13.8 Å². The molecule has 0 amide bonds. The average Bonchev–Trinajstić information content (AvgIpc) is 2.28. The lowest BCUT2D eigenvalue weighted by Gasteiger charge is -2.17. The second kappa shape index (κ2) is 6.38. The molecule has 1 atom stereocenters.